The summed E-state index contributed by atoms with van der Waals surface area (Å²) >= 11 is 0. The number of carbonyl (C=O) groups excluding carboxylic acids is 3. The van der Waals surface area contributed by atoms with Crippen molar-refractivity contribution in [3.8, 4) is 5.75 Å². The minimum atomic E-state index is -0.789. The molecule has 7 heteroatoms. The lowest BCUT2D eigenvalue weighted by molar-refractivity contribution is -0.138. The molecule has 1 rings (SSSR count). The lowest BCUT2D eigenvalue weighted by atomic mass is 9.75. The molecule has 0 aliphatic rings. The molecular weight excluding hydrogens is 307 g/mol. The maximum atomic E-state index is 12.2. The van der Waals surface area contributed by atoms with E-state index in [0.29, 0.717) is 22.7 Å². The van der Waals surface area contributed by atoms with Crippen LogP contribution in [0.5, 0.6) is 5.75 Å². The van der Waals surface area contributed by atoms with E-state index < -0.39 is 23.1 Å². The lowest BCUT2D eigenvalue weighted by Gasteiger charge is -2.28. The number of nitrogens with zero attached hydrogens (tertiary/aromatic N) is 1. The molecule has 0 saturated heterocycles. The highest BCUT2D eigenvalue weighted by molar-refractivity contribution is 6.57. The molecule has 0 fully saturated rings. The van der Waals surface area contributed by atoms with Crippen LogP contribution in [0.25, 0.3) is 0 Å². The highest BCUT2D eigenvalue weighted by Crippen LogP contribution is 2.36. The summed E-state index contributed by atoms with van der Waals surface area (Å²) in [5.41, 5.74) is 0.889. The van der Waals surface area contributed by atoms with Gasteiger partial charge in [0, 0.05) is 41.8 Å². The molecule has 6 nitrogen and oxygen atoms in total. The van der Waals surface area contributed by atoms with Gasteiger partial charge in [-0.1, -0.05) is 13.8 Å². The van der Waals surface area contributed by atoms with Crippen molar-refractivity contribution in [1.29, 1.82) is 0 Å². The van der Waals surface area contributed by atoms with Gasteiger partial charge in [0.15, 0.2) is 7.85 Å². The maximum absolute atomic E-state index is 12.2. The van der Waals surface area contributed by atoms with Crippen molar-refractivity contribution in [2.45, 2.75) is 59.4 Å². The van der Waals surface area contributed by atoms with Crippen LogP contribution in [0.2, 0.25) is 0 Å². The number of pyridine rings is 1. The van der Waals surface area contributed by atoms with Crippen molar-refractivity contribution in [1.82, 2.24) is 10.3 Å². The summed E-state index contributed by atoms with van der Waals surface area (Å²) in [5.74, 6) is -0.587. The van der Waals surface area contributed by atoms with Crippen LogP contribution in [0.4, 0.5) is 0 Å². The van der Waals surface area contributed by atoms with Crippen LogP contribution in [0, 0.1) is 13.8 Å². The number of aromatic nitrogens is 1. The molecule has 0 saturated carbocycles. The Morgan fingerprint density at radius 2 is 1.92 bits per heavy atom. The third kappa shape index (κ3) is 5.18. The van der Waals surface area contributed by atoms with Gasteiger partial charge in [-0.2, -0.15) is 0 Å². The summed E-state index contributed by atoms with van der Waals surface area (Å²) in [6.07, 6.45) is 0.0877. The highest BCUT2D eigenvalue weighted by atomic mass is 16.5. The van der Waals surface area contributed by atoms with Gasteiger partial charge in [-0.25, -0.2) is 4.79 Å². The number of aryl methyl sites for hydroxylation is 2. The fourth-order valence-corrected chi connectivity index (χ4v) is 2.78. The Morgan fingerprint density at radius 1 is 1.33 bits per heavy atom. The topological polar surface area (TPSA) is 85.4 Å². The summed E-state index contributed by atoms with van der Waals surface area (Å²) in [4.78, 5) is 39.1. The molecule has 0 bridgehead atoms. The van der Waals surface area contributed by atoms with Gasteiger partial charge in [-0.05, 0) is 20.8 Å². The molecule has 0 aliphatic carbocycles. The Labute approximate surface area is 143 Å². The first-order valence-corrected chi connectivity index (χ1v) is 7.70. The molecule has 1 N–H and O–H groups in total. The van der Waals surface area contributed by atoms with Crippen molar-refractivity contribution in [2.75, 3.05) is 0 Å². The van der Waals surface area contributed by atoms with Crippen LogP contribution in [0.1, 0.15) is 51.1 Å². The fourth-order valence-electron chi connectivity index (χ4n) is 2.78. The summed E-state index contributed by atoms with van der Waals surface area (Å²) in [5, 5.41) is 2.48. The van der Waals surface area contributed by atoms with E-state index >= 15 is 0 Å². The molecule has 0 spiro atoms. The molecule has 1 unspecified atom stereocenters. The van der Waals surface area contributed by atoms with E-state index in [1.54, 1.807) is 26.8 Å². The van der Waals surface area contributed by atoms with E-state index in [1.807, 2.05) is 13.8 Å². The van der Waals surface area contributed by atoms with E-state index in [4.69, 9.17) is 12.6 Å². The third-order valence-corrected chi connectivity index (χ3v) is 3.57. The van der Waals surface area contributed by atoms with Gasteiger partial charge in [-0.3, -0.25) is 9.78 Å². The van der Waals surface area contributed by atoms with Crippen molar-refractivity contribution < 1.29 is 19.1 Å². The first-order valence-electron chi connectivity index (χ1n) is 7.70. The largest absolute Gasteiger partial charge is 0.425 e. The number of nitrogens with one attached hydrogen (secondary N) is 1. The molecule has 1 heterocycles. The minimum Gasteiger partial charge on any atom is -0.425 e. The number of ether oxygens (including phenoxy) is 1. The van der Waals surface area contributed by atoms with Gasteiger partial charge in [0.05, 0.1) is 5.68 Å². The Morgan fingerprint density at radius 3 is 2.42 bits per heavy atom. The maximum Gasteiger partial charge on any atom is 0.333 e. The predicted molar refractivity (Wildman–Crippen MR) is 91.0 cm³/mol. The van der Waals surface area contributed by atoms with Crippen LogP contribution in [-0.4, -0.2) is 36.4 Å². The van der Waals surface area contributed by atoms with Crippen LogP contribution in [-0.2, 0) is 19.8 Å². The lowest BCUT2D eigenvalue weighted by Crippen LogP contribution is -2.40. The zero-order chi connectivity index (χ0) is 18.7. The molecular formula is C17H23BN2O4. The Bertz CT molecular complexity index is 671. The van der Waals surface area contributed by atoms with Crippen LogP contribution in [0.15, 0.2) is 6.07 Å². The van der Waals surface area contributed by atoms with Gasteiger partial charge in [-0.15, -0.1) is 0 Å². The van der Waals surface area contributed by atoms with Gasteiger partial charge < -0.3 is 14.8 Å². The number of hydrogen-bond acceptors (Lipinski definition) is 5. The second-order valence-corrected chi connectivity index (χ2v) is 6.59. The molecule has 0 aliphatic heterocycles. The minimum absolute atomic E-state index is 0.0877. The quantitative estimate of drug-likeness (QED) is 0.631. The molecule has 1 aromatic heterocycles. The van der Waals surface area contributed by atoms with E-state index in [0.717, 1.165) is 0 Å². The number of amides is 1. The van der Waals surface area contributed by atoms with Crippen molar-refractivity contribution in [3.05, 3.63) is 23.0 Å². The molecule has 128 valence electrons. The van der Waals surface area contributed by atoms with E-state index in [1.165, 1.54) is 6.92 Å². The smallest absolute Gasteiger partial charge is 0.333 e. The normalized spacial score (nSPS) is 12.4. The third-order valence-electron chi connectivity index (χ3n) is 3.57. The van der Waals surface area contributed by atoms with Crippen LogP contribution in [0.3, 0.4) is 0 Å². The Hall–Kier alpha value is -2.18. The van der Waals surface area contributed by atoms with Gasteiger partial charge in [0.25, 0.3) is 0 Å². The average Bonchev–Trinajstić information content (AvgIpc) is 2.34. The predicted octanol–water partition coefficient (Wildman–Crippen LogP) is 1.49. The molecule has 0 aromatic carbocycles. The van der Waals surface area contributed by atoms with Crippen molar-refractivity contribution in [2.24, 2.45) is 0 Å². The van der Waals surface area contributed by atoms with Gasteiger partial charge in [0.1, 0.15) is 11.8 Å². The van der Waals surface area contributed by atoms with Crippen molar-refractivity contribution >= 4 is 25.4 Å². The molecule has 1 amide bonds. The summed E-state index contributed by atoms with van der Waals surface area (Å²) < 4.78 is 5.49. The monoisotopic (exact) mass is 330 g/mol. The fraction of sp³-hybridized carbons (Fsp3) is 0.529. The number of hydrogen-bond donors (Lipinski definition) is 1. The molecule has 1 atom stereocenters. The zero-order valence-electron chi connectivity index (χ0n) is 15.0. The SMILES string of the molecule is [B]C(=O)CC(C)(C)c1c(OC(=O)C(C)NC(C)=O)cc(C)nc1C. The summed E-state index contributed by atoms with van der Waals surface area (Å²) in [6, 6.07) is 0.854. The summed E-state index contributed by atoms with van der Waals surface area (Å²) in [7, 11) is 5.34. The van der Waals surface area contributed by atoms with Gasteiger partial charge >= 0.3 is 5.97 Å². The highest BCUT2D eigenvalue weighted by Gasteiger charge is 2.30. The van der Waals surface area contributed by atoms with E-state index in [9.17, 15) is 14.4 Å². The Kier molecular flexibility index (Phi) is 6.29. The average molecular weight is 330 g/mol. The van der Waals surface area contributed by atoms with Gasteiger partial charge in [0.2, 0.25) is 5.91 Å². The molecule has 2 radical (unpaired) electrons. The standard InChI is InChI=1S/C17H23BN2O4/c1-9-7-13(24-16(23)11(3)20-12(4)21)15(10(2)19-9)17(5,6)8-14(18)22/h7,11H,8H2,1-6H3,(H,20,21). The van der Waals surface area contributed by atoms with Crippen LogP contribution >= 0.6 is 0 Å². The zero-order valence-corrected chi connectivity index (χ0v) is 15.0. The number of carbonyl (C=O) groups is 3. The summed E-state index contributed by atoms with van der Waals surface area (Å²) in [6.45, 7) is 10.1. The van der Waals surface area contributed by atoms with E-state index in [2.05, 4.69) is 10.3 Å². The van der Waals surface area contributed by atoms with Crippen molar-refractivity contribution in [3.63, 3.8) is 0 Å². The molecule has 1 aromatic rings. The van der Waals surface area contributed by atoms with Crippen LogP contribution < -0.4 is 10.1 Å². The number of esters is 1. The number of rotatable bonds is 6. The van der Waals surface area contributed by atoms with E-state index in [-0.39, 0.29) is 12.3 Å². The first kappa shape index (κ1) is 19.9. The first-order chi connectivity index (χ1) is 10.9. The second kappa shape index (κ2) is 7.60. The molecule has 24 heavy (non-hydrogen) atoms. The Balaban J connectivity index is 3.25. The second-order valence-electron chi connectivity index (χ2n) is 6.59.